The van der Waals surface area contributed by atoms with Gasteiger partial charge in [0, 0.05) is 0 Å². The molecule has 7 heteroatoms. The van der Waals surface area contributed by atoms with Gasteiger partial charge in [0.25, 0.3) is 0 Å². The predicted molar refractivity (Wildman–Crippen MR) is 63.7 cm³/mol. The molecule has 0 radical (unpaired) electrons. The van der Waals surface area contributed by atoms with Crippen LogP contribution in [0.25, 0.3) is 0 Å². The Morgan fingerprint density at radius 1 is 1.62 bits per heavy atom. The Morgan fingerprint density at radius 2 is 2.38 bits per heavy atom. The second-order valence-corrected chi connectivity index (χ2v) is 8.42. The summed E-state index contributed by atoms with van der Waals surface area (Å²) in [5.41, 5.74) is 0. The van der Waals surface area contributed by atoms with Crippen molar-refractivity contribution in [3.05, 3.63) is 22.4 Å². The average Bonchev–Trinajstić information content (AvgIpc) is 2.67. The molecular weight excluding hydrogens is 369 g/mol. The second kappa shape index (κ2) is 6.69. The van der Waals surface area contributed by atoms with Gasteiger partial charge in [0.1, 0.15) is 0 Å². The van der Waals surface area contributed by atoms with Crippen molar-refractivity contribution in [1.82, 2.24) is 0 Å². The molecule has 90 valence electrons. The van der Waals surface area contributed by atoms with E-state index in [-0.39, 0.29) is 12.6 Å². The summed E-state index contributed by atoms with van der Waals surface area (Å²) in [5.74, 6) is -0.381. The minimum absolute atomic E-state index is 0.196. The Kier molecular flexibility index (Phi) is 5.89. The van der Waals surface area contributed by atoms with Gasteiger partial charge in [-0.05, 0) is 0 Å². The quantitative estimate of drug-likeness (QED) is 0.329. The van der Waals surface area contributed by atoms with Gasteiger partial charge >= 0.3 is 111 Å². The molecule has 0 unspecified atom stereocenters. The van der Waals surface area contributed by atoms with Crippen LogP contribution < -0.4 is 0 Å². The molecule has 0 aromatic carbocycles. The Balaban J connectivity index is 2.10. The molecule has 0 atom stereocenters. The van der Waals surface area contributed by atoms with Gasteiger partial charge in [-0.15, -0.1) is 0 Å². The third-order valence-electron chi connectivity index (χ3n) is 1.51. The van der Waals surface area contributed by atoms with Crippen LogP contribution in [0.4, 0.5) is 8.78 Å². The molecule has 0 bridgehead atoms. The van der Waals surface area contributed by atoms with E-state index in [1.54, 1.807) is 17.5 Å². The summed E-state index contributed by atoms with van der Waals surface area (Å²) in [4.78, 5) is 11.8. The van der Waals surface area contributed by atoms with Crippen LogP contribution in [-0.2, 0) is 4.74 Å². The van der Waals surface area contributed by atoms with E-state index in [1.807, 2.05) is 0 Å². The molecule has 0 fully saturated rings. The fourth-order valence-electron chi connectivity index (χ4n) is 0.878. The van der Waals surface area contributed by atoms with Crippen molar-refractivity contribution < 1.29 is 18.3 Å². The first-order valence-electron chi connectivity index (χ1n) is 4.40. The normalized spacial score (nSPS) is 11.4. The zero-order chi connectivity index (χ0) is 12.0. The maximum atomic E-state index is 12.4. The molecule has 16 heavy (non-hydrogen) atoms. The van der Waals surface area contributed by atoms with Crippen LogP contribution in [-0.4, -0.2) is 31.3 Å². The summed E-state index contributed by atoms with van der Waals surface area (Å²) >= 11 is 2.79. The van der Waals surface area contributed by atoms with E-state index in [0.29, 0.717) is 16.6 Å². The van der Waals surface area contributed by atoms with Gasteiger partial charge in [-0.2, -0.15) is 0 Å². The number of halogens is 3. The summed E-state index contributed by atoms with van der Waals surface area (Å²) in [6, 6.07) is 3.43. The number of hydrogen-bond donors (Lipinski definition) is 0. The van der Waals surface area contributed by atoms with Crippen molar-refractivity contribution in [2.24, 2.45) is 0 Å². The van der Waals surface area contributed by atoms with Gasteiger partial charge in [-0.3, -0.25) is 0 Å². The molecule has 0 amide bonds. The first-order chi connectivity index (χ1) is 7.49. The molecule has 0 N–H and O–H groups in total. The first kappa shape index (κ1) is 14.1. The molecule has 1 heterocycles. The van der Waals surface area contributed by atoms with Gasteiger partial charge in [-0.1, -0.05) is 0 Å². The van der Waals surface area contributed by atoms with E-state index in [9.17, 15) is 13.6 Å². The summed E-state index contributed by atoms with van der Waals surface area (Å²) in [7, 11) is 0. The third kappa shape index (κ3) is 5.94. The van der Waals surface area contributed by atoms with Crippen molar-refractivity contribution in [1.29, 1.82) is 0 Å². The molecule has 1 aromatic rings. The molecule has 2 nitrogen and oxygen atoms in total. The van der Waals surface area contributed by atoms with Crippen LogP contribution >= 0.6 is 27.3 Å². The Bertz CT molecular complexity index is 327. The van der Waals surface area contributed by atoms with E-state index >= 15 is 0 Å². The standard InChI is InChI=1S/C9H9BrF2O2SSe/c10-9(11,12)16-6-2-4-14-8(13)7-3-1-5-15-7/h1,3,5H,2,4,6H2. The Hall–Kier alpha value is 0.0295. The van der Waals surface area contributed by atoms with Gasteiger partial charge < -0.3 is 0 Å². The predicted octanol–water partition coefficient (Wildman–Crippen LogP) is 3.36. The molecular formula is C9H9BrF2O2SSe. The zero-order valence-corrected chi connectivity index (χ0v) is 12.2. The summed E-state index contributed by atoms with van der Waals surface area (Å²) in [5, 5.41) is 2.16. The SMILES string of the molecule is O=C(OCCC[Se]C(F)(F)Br)c1cccs1. The van der Waals surface area contributed by atoms with Crippen molar-refractivity contribution in [3.8, 4) is 0 Å². The number of carbonyl (C=O) groups is 1. The molecule has 0 aliphatic rings. The van der Waals surface area contributed by atoms with Gasteiger partial charge in [0.2, 0.25) is 0 Å². The molecule has 1 rings (SSSR count). The third-order valence-corrected chi connectivity index (χ3v) is 5.27. The maximum absolute atomic E-state index is 12.4. The number of alkyl halides is 3. The van der Waals surface area contributed by atoms with Gasteiger partial charge in [0.05, 0.1) is 0 Å². The molecule has 0 aliphatic heterocycles. The minimum atomic E-state index is -2.75. The van der Waals surface area contributed by atoms with Crippen molar-refractivity contribution in [2.45, 2.75) is 15.5 Å². The zero-order valence-electron chi connectivity index (χ0n) is 8.12. The molecule has 0 aliphatic carbocycles. The number of thiophene rings is 1. The average molecular weight is 378 g/mol. The fourth-order valence-corrected chi connectivity index (χ4v) is 3.37. The van der Waals surface area contributed by atoms with Crippen molar-refractivity contribution >= 4 is 48.2 Å². The molecule has 0 saturated carbocycles. The Morgan fingerprint density at radius 3 is 2.94 bits per heavy atom. The molecule has 0 spiro atoms. The van der Waals surface area contributed by atoms with E-state index in [4.69, 9.17) is 4.74 Å². The number of hydrogen-bond acceptors (Lipinski definition) is 3. The van der Waals surface area contributed by atoms with Crippen molar-refractivity contribution in [2.75, 3.05) is 6.61 Å². The van der Waals surface area contributed by atoms with Crippen LogP contribution in [0.1, 0.15) is 16.1 Å². The number of ether oxygens (including phenoxy) is 1. The van der Waals surface area contributed by atoms with Gasteiger partial charge in [-0.25, -0.2) is 0 Å². The van der Waals surface area contributed by atoms with Crippen LogP contribution in [0.2, 0.25) is 5.32 Å². The molecule has 1 aromatic heterocycles. The second-order valence-electron chi connectivity index (χ2n) is 2.76. The molecule has 0 saturated heterocycles. The Labute approximate surface area is 111 Å². The topological polar surface area (TPSA) is 26.3 Å². The van der Waals surface area contributed by atoms with Crippen LogP contribution in [0, 0.1) is 0 Å². The fraction of sp³-hybridized carbons (Fsp3) is 0.444. The summed E-state index contributed by atoms with van der Waals surface area (Å²) in [6.07, 6.45) is 0.471. The summed E-state index contributed by atoms with van der Waals surface area (Å²) < 4.78 is 26.9. The first-order valence-corrected chi connectivity index (χ1v) is 8.14. The van der Waals surface area contributed by atoms with E-state index in [0.717, 1.165) is 0 Å². The van der Waals surface area contributed by atoms with Crippen LogP contribution in [0.15, 0.2) is 17.5 Å². The number of carbonyl (C=O) groups excluding carboxylic acids is 1. The van der Waals surface area contributed by atoms with Gasteiger partial charge in [0.15, 0.2) is 0 Å². The van der Waals surface area contributed by atoms with Crippen LogP contribution in [0.5, 0.6) is 0 Å². The summed E-state index contributed by atoms with van der Waals surface area (Å²) in [6.45, 7) is 0.196. The van der Waals surface area contributed by atoms with Crippen molar-refractivity contribution in [3.63, 3.8) is 0 Å². The van der Waals surface area contributed by atoms with Crippen LogP contribution in [0.3, 0.4) is 0 Å². The van der Waals surface area contributed by atoms with E-state index in [1.165, 1.54) is 11.3 Å². The van der Waals surface area contributed by atoms with E-state index in [2.05, 4.69) is 15.9 Å². The number of rotatable bonds is 6. The number of esters is 1. The van der Waals surface area contributed by atoms with E-state index < -0.39 is 18.7 Å². The monoisotopic (exact) mass is 378 g/mol.